The molecule has 2 rings (SSSR count). The number of nitrogens with two attached hydrogens (primary N) is 1. The van der Waals surface area contributed by atoms with Gasteiger partial charge in [-0.1, -0.05) is 25.2 Å². The van der Waals surface area contributed by atoms with E-state index in [0.29, 0.717) is 4.99 Å². The molecular weight excluding hydrogens is 294 g/mol. The molecule has 100 valence electrons. The number of rotatable bonds is 5. The number of benzene rings is 1. The van der Waals surface area contributed by atoms with Gasteiger partial charge in [0.15, 0.2) is 5.13 Å². The Bertz CT molecular complexity index is 593. The van der Waals surface area contributed by atoms with E-state index < -0.39 is 0 Å². The highest BCUT2D eigenvalue weighted by molar-refractivity contribution is 7.99. The molecule has 1 aromatic heterocycles. The van der Waals surface area contributed by atoms with Crippen LogP contribution >= 0.6 is 35.3 Å². The van der Waals surface area contributed by atoms with E-state index in [1.54, 1.807) is 23.1 Å². The quantitative estimate of drug-likeness (QED) is 0.647. The van der Waals surface area contributed by atoms with Gasteiger partial charge in [0.1, 0.15) is 4.99 Å². The number of thiocarbonyl (C=S) groups is 1. The Morgan fingerprint density at radius 2 is 2.32 bits per heavy atom. The second kappa shape index (κ2) is 6.36. The van der Waals surface area contributed by atoms with Crippen LogP contribution in [0.2, 0.25) is 0 Å². The van der Waals surface area contributed by atoms with Gasteiger partial charge in [-0.25, -0.2) is 4.98 Å². The van der Waals surface area contributed by atoms with Crippen molar-refractivity contribution in [1.29, 1.82) is 0 Å². The van der Waals surface area contributed by atoms with E-state index in [0.717, 1.165) is 32.7 Å². The number of hydrogen-bond donors (Lipinski definition) is 2. The van der Waals surface area contributed by atoms with Crippen molar-refractivity contribution in [2.45, 2.75) is 18.7 Å². The van der Waals surface area contributed by atoms with E-state index >= 15 is 0 Å². The molecule has 0 aliphatic rings. The summed E-state index contributed by atoms with van der Waals surface area (Å²) in [4.78, 5) is 5.91. The van der Waals surface area contributed by atoms with Gasteiger partial charge in [-0.3, -0.25) is 0 Å². The topological polar surface area (TPSA) is 50.9 Å². The third-order valence-corrected chi connectivity index (χ3v) is 4.45. The number of nitrogens with one attached hydrogen (secondary N) is 1. The molecule has 0 radical (unpaired) electrons. The monoisotopic (exact) mass is 309 g/mol. The molecular formula is C13H15N3S3. The lowest BCUT2D eigenvalue weighted by Crippen LogP contribution is -2.13. The smallest absolute Gasteiger partial charge is 0.187 e. The minimum atomic E-state index is 0.410. The van der Waals surface area contributed by atoms with Crippen molar-refractivity contribution in [3.63, 3.8) is 0 Å². The maximum atomic E-state index is 5.87. The van der Waals surface area contributed by atoms with Gasteiger partial charge in [-0.05, 0) is 24.8 Å². The summed E-state index contributed by atoms with van der Waals surface area (Å²) in [6, 6.07) is 6.02. The van der Waals surface area contributed by atoms with Crippen LogP contribution < -0.4 is 11.1 Å². The highest BCUT2D eigenvalue weighted by Gasteiger charge is 2.12. The maximum Gasteiger partial charge on any atom is 0.187 e. The van der Waals surface area contributed by atoms with Crippen LogP contribution in [0.4, 0.5) is 10.8 Å². The summed E-state index contributed by atoms with van der Waals surface area (Å²) in [6.45, 7) is 4.08. The Balaban J connectivity index is 2.38. The molecule has 3 nitrogen and oxygen atoms in total. The van der Waals surface area contributed by atoms with E-state index in [-0.39, 0.29) is 0 Å². The Kier molecular flexibility index (Phi) is 4.79. The summed E-state index contributed by atoms with van der Waals surface area (Å²) in [5.41, 5.74) is 8.69. The molecule has 0 spiro atoms. The highest BCUT2D eigenvalue weighted by Crippen LogP contribution is 2.31. The average molecular weight is 309 g/mol. The van der Waals surface area contributed by atoms with Gasteiger partial charge in [-0.15, -0.1) is 23.1 Å². The summed E-state index contributed by atoms with van der Waals surface area (Å²) in [5, 5.41) is 6.16. The van der Waals surface area contributed by atoms with Gasteiger partial charge in [-0.2, -0.15) is 0 Å². The molecule has 0 unspecified atom stereocenters. The largest absolute Gasteiger partial charge is 0.389 e. The molecule has 0 fully saturated rings. The van der Waals surface area contributed by atoms with Crippen molar-refractivity contribution in [3.8, 4) is 0 Å². The number of thioether (sulfide) groups is 1. The molecule has 0 saturated carbocycles. The molecule has 1 heterocycles. The zero-order valence-corrected chi connectivity index (χ0v) is 13.2. The van der Waals surface area contributed by atoms with Crippen LogP contribution in [0.25, 0.3) is 0 Å². The molecule has 0 aliphatic heterocycles. The van der Waals surface area contributed by atoms with Crippen LogP contribution in [0.3, 0.4) is 0 Å². The summed E-state index contributed by atoms with van der Waals surface area (Å²) < 4.78 is 0. The first-order valence-corrected chi connectivity index (χ1v) is 8.14. The lowest BCUT2D eigenvalue weighted by molar-refractivity contribution is 1.26. The Labute approximate surface area is 126 Å². The van der Waals surface area contributed by atoms with Crippen molar-refractivity contribution in [1.82, 2.24) is 4.98 Å². The number of aromatic nitrogens is 1. The maximum absolute atomic E-state index is 5.87. The van der Waals surface area contributed by atoms with Gasteiger partial charge >= 0.3 is 0 Å². The predicted molar refractivity (Wildman–Crippen MR) is 88.9 cm³/mol. The molecule has 19 heavy (non-hydrogen) atoms. The summed E-state index contributed by atoms with van der Waals surface area (Å²) in [7, 11) is 0. The van der Waals surface area contributed by atoms with E-state index in [2.05, 4.69) is 17.2 Å². The van der Waals surface area contributed by atoms with E-state index in [1.165, 1.54) is 0 Å². The Morgan fingerprint density at radius 1 is 1.53 bits per heavy atom. The molecule has 1 aromatic carbocycles. The zero-order valence-electron chi connectivity index (χ0n) is 10.8. The number of aryl methyl sites for hydroxylation is 1. The molecule has 2 aromatic rings. The van der Waals surface area contributed by atoms with Gasteiger partial charge in [0, 0.05) is 15.8 Å². The lowest BCUT2D eigenvalue weighted by atomic mass is 10.2. The predicted octanol–water partition coefficient (Wildman–Crippen LogP) is 3.94. The fraction of sp³-hybridized carbons (Fsp3) is 0.231. The number of thiazole rings is 1. The van der Waals surface area contributed by atoms with Crippen LogP contribution in [0, 0.1) is 6.92 Å². The first kappa shape index (κ1) is 14.3. The van der Waals surface area contributed by atoms with Crippen molar-refractivity contribution in [2.75, 3.05) is 11.1 Å². The standard InChI is InChI=1S/C13H15N3S3/c1-3-18-10-6-4-5-9(11(10)12(14)17)16-13-15-8(2)7-19-13/h4-7H,3H2,1-2H3,(H2,14,17)(H,15,16). The van der Waals surface area contributed by atoms with Gasteiger partial charge in [0.2, 0.25) is 0 Å². The minimum Gasteiger partial charge on any atom is -0.389 e. The third-order valence-electron chi connectivity index (χ3n) is 2.43. The summed E-state index contributed by atoms with van der Waals surface area (Å²) in [5.74, 6) is 0.982. The van der Waals surface area contributed by atoms with E-state index in [1.807, 2.05) is 30.5 Å². The molecule has 3 N–H and O–H groups in total. The summed E-state index contributed by atoms with van der Waals surface area (Å²) in [6.07, 6.45) is 0. The highest BCUT2D eigenvalue weighted by atomic mass is 32.2. The second-order valence-corrected chi connectivity index (χ2v) is 6.50. The van der Waals surface area contributed by atoms with Crippen LogP contribution in [-0.4, -0.2) is 15.7 Å². The van der Waals surface area contributed by atoms with Crippen LogP contribution in [-0.2, 0) is 0 Å². The number of anilines is 2. The molecule has 0 atom stereocenters. The fourth-order valence-electron chi connectivity index (χ4n) is 1.69. The second-order valence-electron chi connectivity index (χ2n) is 3.90. The average Bonchev–Trinajstić information content (AvgIpc) is 2.75. The van der Waals surface area contributed by atoms with Crippen LogP contribution in [0.15, 0.2) is 28.5 Å². The normalized spacial score (nSPS) is 10.4. The minimum absolute atomic E-state index is 0.410. The number of hydrogen-bond acceptors (Lipinski definition) is 5. The Hall–Kier alpha value is -1.11. The Morgan fingerprint density at radius 3 is 2.89 bits per heavy atom. The molecule has 0 aliphatic carbocycles. The molecule has 0 saturated heterocycles. The van der Waals surface area contributed by atoms with Crippen molar-refractivity contribution < 1.29 is 0 Å². The third kappa shape index (κ3) is 3.46. The lowest BCUT2D eigenvalue weighted by Gasteiger charge is -2.13. The summed E-state index contributed by atoms with van der Waals surface area (Å²) >= 11 is 8.49. The number of nitrogens with zero attached hydrogens (tertiary/aromatic N) is 1. The van der Waals surface area contributed by atoms with Crippen LogP contribution in [0.1, 0.15) is 18.2 Å². The van der Waals surface area contributed by atoms with Gasteiger partial charge < -0.3 is 11.1 Å². The SMILES string of the molecule is CCSc1cccc(Nc2nc(C)cs2)c1C(N)=S. The molecule has 6 heteroatoms. The molecule has 0 bridgehead atoms. The first-order valence-electron chi connectivity index (χ1n) is 5.86. The van der Waals surface area contributed by atoms with E-state index in [9.17, 15) is 0 Å². The van der Waals surface area contributed by atoms with Crippen molar-refractivity contribution in [3.05, 3.63) is 34.8 Å². The van der Waals surface area contributed by atoms with Gasteiger partial charge in [0.25, 0.3) is 0 Å². The van der Waals surface area contributed by atoms with Crippen molar-refractivity contribution in [2.24, 2.45) is 5.73 Å². The van der Waals surface area contributed by atoms with Crippen LogP contribution in [0.5, 0.6) is 0 Å². The zero-order chi connectivity index (χ0) is 13.8. The van der Waals surface area contributed by atoms with E-state index in [4.69, 9.17) is 18.0 Å². The first-order chi connectivity index (χ1) is 9.11. The fourth-order valence-corrected chi connectivity index (χ4v) is 3.53. The van der Waals surface area contributed by atoms with Crippen molar-refractivity contribution >= 4 is 51.1 Å². The van der Waals surface area contributed by atoms with Gasteiger partial charge in [0.05, 0.1) is 11.4 Å². The molecule has 0 amide bonds.